The molecule has 2 rings (SSSR count). The highest BCUT2D eigenvalue weighted by atomic mass is 16.5. The lowest BCUT2D eigenvalue weighted by molar-refractivity contribution is -0.117. The lowest BCUT2D eigenvalue weighted by Gasteiger charge is -2.19. The van der Waals surface area contributed by atoms with E-state index in [1.807, 2.05) is 54.6 Å². The van der Waals surface area contributed by atoms with Crippen molar-refractivity contribution in [2.45, 2.75) is 32.6 Å². The molecule has 2 N–H and O–H groups in total. The fraction of sp³-hybridized carbons (Fsp3) is 0.304. The third-order valence-corrected chi connectivity index (χ3v) is 4.36. The van der Waals surface area contributed by atoms with Gasteiger partial charge in [0.05, 0.1) is 7.11 Å². The van der Waals surface area contributed by atoms with E-state index in [0.29, 0.717) is 13.0 Å². The first kappa shape index (κ1) is 21.0. The number of carbonyl (C=O) groups excluding carboxylic acids is 1. The van der Waals surface area contributed by atoms with Gasteiger partial charge in [0.25, 0.3) is 5.91 Å². The molecule has 0 spiro atoms. The summed E-state index contributed by atoms with van der Waals surface area (Å²) in [5.74, 6) is 0.402. The summed E-state index contributed by atoms with van der Waals surface area (Å²) in [5, 5.41) is 15.1. The number of anilines is 1. The van der Waals surface area contributed by atoms with E-state index in [0.717, 1.165) is 17.0 Å². The molecule has 0 atom stereocenters. The monoisotopic (exact) mass is 377 g/mol. The molecule has 0 heterocycles. The van der Waals surface area contributed by atoms with Crippen LogP contribution in [0.4, 0.5) is 5.69 Å². The Morgan fingerprint density at radius 2 is 1.75 bits per heavy atom. The molecule has 0 aromatic heterocycles. The molecule has 5 nitrogen and oxygen atoms in total. The molecule has 2 aromatic carbocycles. The number of rotatable bonds is 7. The zero-order valence-corrected chi connectivity index (χ0v) is 16.9. The minimum atomic E-state index is -0.394. The van der Waals surface area contributed by atoms with Crippen LogP contribution in [0.25, 0.3) is 0 Å². The molecule has 1 amide bonds. The van der Waals surface area contributed by atoms with Crippen LogP contribution >= 0.6 is 0 Å². The highest BCUT2D eigenvalue weighted by molar-refractivity contribution is 5.97. The van der Waals surface area contributed by atoms with Gasteiger partial charge < -0.3 is 15.4 Å². The Bertz CT molecular complexity index is 855. The number of ether oxygens (including phenoxy) is 1. The van der Waals surface area contributed by atoms with E-state index in [-0.39, 0.29) is 11.0 Å². The van der Waals surface area contributed by atoms with Crippen molar-refractivity contribution in [3.63, 3.8) is 0 Å². The standard InChI is InChI=1S/C23H27N3O2/c1-23(2,3)19-7-9-20(10-8-19)26-16-18(15-24)22(27)25-14-13-17-5-11-21(28-4)12-6-17/h5-12,16,26H,13-14H2,1-4H3,(H,25,27)/b18-16-. The Hall–Kier alpha value is -3.26. The summed E-state index contributed by atoms with van der Waals surface area (Å²) >= 11 is 0. The molecule has 0 radical (unpaired) electrons. The molecule has 0 aliphatic heterocycles. The summed E-state index contributed by atoms with van der Waals surface area (Å²) in [6.07, 6.45) is 2.12. The van der Waals surface area contributed by atoms with Crippen molar-refractivity contribution < 1.29 is 9.53 Å². The van der Waals surface area contributed by atoms with Gasteiger partial charge in [-0.25, -0.2) is 0 Å². The fourth-order valence-corrected chi connectivity index (χ4v) is 2.58. The first-order valence-corrected chi connectivity index (χ1v) is 9.22. The second-order valence-corrected chi connectivity index (χ2v) is 7.50. The van der Waals surface area contributed by atoms with Crippen molar-refractivity contribution in [2.75, 3.05) is 19.0 Å². The van der Waals surface area contributed by atoms with Crippen molar-refractivity contribution in [3.8, 4) is 11.8 Å². The third kappa shape index (κ3) is 6.17. The Balaban J connectivity index is 1.88. The molecule has 2 aromatic rings. The number of hydrogen-bond acceptors (Lipinski definition) is 4. The molecule has 0 aliphatic rings. The molecule has 0 aliphatic carbocycles. The molecule has 0 saturated carbocycles. The van der Waals surface area contributed by atoms with Gasteiger partial charge in [0.2, 0.25) is 0 Å². The number of carbonyl (C=O) groups is 1. The summed E-state index contributed by atoms with van der Waals surface area (Å²) in [7, 11) is 1.62. The van der Waals surface area contributed by atoms with Gasteiger partial charge in [-0.15, -0.1) is 0 Å². The molecule has 0 saturated heterocycles. The van der Waals surface area contributed by atoms with E-state index in [2.05, 4.69) is 31.4 Å². The lowest BCUT2D eigenvalue weighted by atomic mass is 9.87. The second-order valence-electron chi connectivity index (χ2n) is 7.50. The molecular weight excluding hydrogens is 350 g/mol. The molecule has 28 heavy (non-hydrogen) atoms. The van der Waals surface area contributed by atoms with Gasteiger partial charge in [-0.05, 0) is 47.2 Å². The van der Waals surface area contributed by atoms with Crippen LogP contribution in [0, 0.1) is 11.3 Å². The van der Waals surface area contributed by atoms with Gasteiger partial charge in [0.15, 0.2) is 0 Å². The smallest absolute Gasteiger partial charge is 0.263 e. The largest absolute Gasteiger partial charge is 0.497 e. The number of amides is 1. The summed E-state index contributed by atoms with van der Waals surface area (Å²) in [5.41, 5.74) is 3.25. The average molecular weight is 377 g/mol. The Morgan fingerprint density at radius 1 is 1.11 bits per heavy atom. The highest BCUT2D eigenvalue weighted by Crippen LogP contribution is 2.23. The Labute approximate surface area is 167 Å². The van der Waals surface area contributed by atoms with E-state index in [9.17, 15) is 10.1 Å². The lowest BCUT2D eigenvalue weighted by Crippen LogP contribution is -2.27. The molecule has 0 unspecified atom stereocenters. The van der Waals surface area contributed by atoms with Crippen LogP contribution in [0.15, 0.2) is 60.3 Å². The van der Waals surface area contributed by atoms with Gasteiger partial charge >= 0.3 is 0 Å². The first-order chi connectivity index (χ1) is 13.3. The Kier molecular flexibility index (Phi) is 7.22. The summed E-state index contributed by atoms with van der Waals surface area (Å²) in [6, 6.07) is 17.6. The zero-order valence-electron chi connectivity index (χ0n) is 16.9. The number of nitrogens with one attached hydrogen (secondary N) is 2. The van der Waals surface area contributed by atoms with Gasteiger partial charge in [-0.2, -0.15) is 5.26 Å². The second kappa shape index (κ2) is 9.61. The molecule has 0 bridgehead atoms. The van der Waals surface area contributed by atoms with Gasteiger partial charge in [-0.1, -0.05) is 45.0 Å². The predicted octanol–water partition coefficient (Wildman–Crippen LogP) is 4.17. The summed E-state index contributed by atoms with van der Waals surface area (Å²) < 4.78 is 5.12. The first-order valence-electron chi connectivity index (χ1n) is 9.22. The number of benzene rings is 2. The van der Waals surface area contributed by atoms with E-state index in [1.54, 1.807) is 7.11 Å². The van der Waals surface area contributed by atoms with Crippen molar-refractivity contribution in [1.29, 1.82) is 5.26 Å². The molecular formula is C23H27N3O2. The average Bonchev–Trinajstić information content (AvgIpc) is 2.68. The quantitative estimate of drug-likeness (QED) is 0.561. The highest BCUT2D eigenvalue weighted by Gasteiger charge is 2.13. The minimum Gasteiger partial charge on any atom is -0.497 e. The predicted molar refractivity (Wildman–Crippen MR) is 112 cm³/mol. The number of nitrogens with zero attached hydrogens (tertiary/aromatic N) is 1. The normalized spacial score (nSPS) is 11.5. The van der Waals surface area contributed by atoms with E-state index >= 15 is 0 Å². The topological polar surface area (TPSA) is 74.1 Å². The summed E-state index contributed by atoms with van der Waals surface area (Å²) in [6.45, 7) is 6.91. The maximum atomic E-state index is 12.2. The SMILES string of the molecule is COc1ccc(CCNC(=O)/C(C#N)=C\Nc2ccc(C(C)(C)C)cc2)cc1. The van der Waals surface area contributed by atoms with Crippen LogP contribution < -0.4 is 15.4 Å². The van der Waals surface area contributed by atoms with E-state index < -0.39 is 5.91 Å². The van der Waals surface area contributed by atoms with Gasteiger partial charge in [0.1, 0.15) is 17.4 Å². The zero-order chi connectivity index (χ0) is 20.6. The molecule has 0 fully saturated rings. The maximum absolute atomic E-state index is 12.2. The van der Waals surface area contributed by atoms with Crippen LogP contribution in [-0.2, 0) is 16.6 Å². The fourth-order valence-electron chi connectivity index (χ4n) is 2.58. The van der Waals surface area contributed by atoms with Gasteiger partial charge in [0, 0.05) is 18.4 Å². The van der Waals surface area contributed by atoms with Crippen LogP contribution in [0.5, 0.6) is 5.75 Å². The van der Waals surface area contributed by atoms with Crippen LogP contribution in [0.2, 0.25) is 0 Å². The van der Waals surface area contributed by atoms with E-state index in [1.165, 1.54) is 11.8 Å². The van der Waals surface area contributed by atoms with E-state index in [4.69, 9.17) is 4.74 Å². The number of nitriles is 1. The van der Waals surface area contributed by atoms with Crippen LogP contribution in [0.3, 0.4) is 0 Å². The maximum Gasteiger partial charge on any atom is 0.263 e. The van der Waals surface area contributed by atoms with Gasteiger partial charge in [-0.3, -0.25) is 4.79 Å². The number of methoxy groups -OCH3 is 1. The molecule has 146 valence electrons. The third-order valence-electron chi connectivity index (χ3n) is 4.36. The van der Waals surface area contributed by atoms with Crippen molar-refractivity contribution >= 4 is 11.6 Å². The summed E-state index contributed by atoms with van der Waals surface area (Å²) in [4.78, 5) is 12.2. The van der Waals surface area contributed by atoms with Crippen molar-refractivity contribution in [2.24, 2.45) is 0 Å². The van der Waals surface area contributed by atoms with Crippen LogP contribution in [-0.4, -0.2) is 19.6 Å². The Morgan fingerprint density at radius 3 is 2.29 bits per heavy atom. The molecule has 5 heteroatoms. The minimum absolute atomic E-state index is 0.0367. The van der Waals surface area contributed by atoms with Crippen molar-refractivity contribution in [1.82, 2.24) is 5.32 Å². The van der Waals surface area contributed by atoms with Crippen molar-refractivity contribution in [3.05, 3.63) is 71.4 Å². The number of hydrogen-bond donors (Lipinski definition) is 2. The van der Waals surface area contributed by atoms with Crippen LogP contribution in [0.1, 0.15) is 31.9 Å².